The van der Waals surface area contributed by atoms with Crippen molar-refractivity contribution in [2.75, 3.05) is 19.7 Å². The first-order valence-corrected chi connectivity index (χ1v) is 9.44. The van der Waals surface area contributed by atoms with E-state index in [0.29, 0.717) is 48.2 Å². The van der Waals surface area contributed by atoms with Gasteiger partial charge in [0.2, 0.25) is 0 Å². The molecule has 3 rings (SSSR count). The van der Waals surface area contributed by atoms with Gasteiger partial charge in [-0.25, -0.2) is 0 Å². The number of hydrogen-bond donors (Lipinski definition) is 0. The van der Waals surface area contributed by atoms with Crippen LogP contribution in [0, 0.1) is 5.92 Å². The second kappa shape index (κ2) is 8.91. The van der Waals surface area contributed by atoms with Crippen LogP contribution in [0.4, 0.5) is 0 Å². The number of benzene rings is 2. The molecule has 1 amide bonds. The van der Waals surface area contributed by atoms with Crippen LogP contribution < -0.4 is 9.47 Å². The fraction of sp³-hybridized carbons (Fsp3) is 0.333. The van der Waals surface area contributed by atoms with E-state index in [1.165, 1.54) is 0 Å². The highest BCUT2D eigenvalue weighted by Crippen LogP contribution is 2.28. The quantitative estimate of drug-likeness (QED) is 0.570. The van der Waals surface area contributed by atoms with E-state index < -0.39 is 0 Å². The first-order valence-electron chi connectivity index (χ1n) is 9.07. The van der Waals surface area contributed by atoms with Crippen LogP contribution in [0.2, 0.25) is 5.02 Å². The van der Waals surface area contributed by atoms with Crippen molar-refractivity contribution in [2.24, 2.45) is 5.92 Å². The summed E-state index contributed by atoms with van der Waals surface area (Å²) in [6.07, 6.45) is 1.45. The van der Waals surface area contributed by atoms with E-state index in [0.717, 1.165) is 6.42 Å². The van der Waals surface area contributed by atoms with Crippen LogP contribution in [0.25, 0.3) is 0 Å². The Morgan fingerprint density at radius 2 is 1.81 bits per heavy atom. The van der Waals surface area contributed by atoms with Gasteiger partial charge in [0, 0.05) is 23.7 Å². The molecule has 0 saturated carbocycles. The summed E-state index contributed by atoms with van der Waals surface area (Å²) in [6, 6.07) is 13.9. The summed E-state index contributed by atoms with van der Waals surface area (Å²) in [7, 11) is 0. The van der Waals surface area contributed by atoms with Gasteiger partial charge >= 0.3 is 5.97 Å². The third-order valence-corrected chi connectivity index (χ3v) is 4.74. The highest BCUT2D eigenvalue weighted by molar-refractivity contribution is 6.30. The van der Waals surface area contributed by atoms with Crippen LogP contribution in [0.15, 0.2) is 48.5 Å². The predicted octanol–water partition coefficient (Wildman–Crippen LogP) is 4.20. The van der Waals surface area contributed by atoms with Crippen molar-refractivity contribution >= 4 is 23.5 Å². The standard InChI is InChI=1S/C21H22ClNO4/c1-2-26-18-7-3-4-8-19(18)27-21(25)16-6-5-13-23(14-16)20(24)15-9-11-17(22)12-10-15/h3-4,7-12,16H,2,5-6,13-14H2,1H3. The summed E-state index contributed by atoms with van der Waals surface area (Å²) in [4.78, 5) is 27.0. The van der Waals surface area contributed by atoms with Crippen molar-refractivity contribution in [3.05, 3.63) is 59.1 Å². The Morgan fingerprint density at radius 1 is 1.11 bits per heavy atom. The maximum Gasteiger partial charge on any atom is 0.316 e. The minimum Gasteiger partial charge on any atom is -0.490 e. The van der Waals surface area contributed by atoms with E-state index in [-0.39, 0.29) is 17.8 Å². The molecule has 5 nitrogen and oxygen atoms in total. The molecule has 0 spiro atoms. The minimum atomic E-state index is -0.357. The van der Waals surface area contributed by atoms with Gasteiger partial charge in [-0.3, -0.25) is 9.59 Å². The first kappa shape index (κ1) is 19.2. The molecule has 0 bridgehead atoms. The number of esters is 1. The SMILES string of the molecule is CCOc1ccccc1OC(=O)C1CCCN(C(=O)c2ccc(Cl)cc2)C1. The molecule has 1 aliphatic rings. The highest BCUT2D eigenvalue weighted by atomic mass is 35.5. The number of para-hydroxylation sites is 2. The van der Waals surface area contributed by atoms with E-state index in [4.69, 9.17) is 21.1 Å². The van der Waals surface area contributed by atoms with Gasteiger partial charge < -0.3 is 14.4 Å². The maximum atomic E-state index is 12.7. The van der Waals surface area contributed by atoms with Gasteiger partial charge in [0.1, 0.15) is 0 Å². The van der Waals surface area contributed by atoms with Crippen molar-refractivity contribution in [1.82, 2.24) is 4.90 Å². The smallest absolute Gasteiger partial charge is 0.316 e. The molecule has 6 heteroatoms. The lowest BCUT2D eigenvalue weighted by Gasteiger charge is -2.31. The monoisotopic (exact) mass is 387 g/mol. The summed E-state index contributed by atoms with van der Waals surface area (Å²) in [5.41, 5.74) is 0.565. The molecule has 2 aromatic rings. The maximum absolute atomic E-state index is 12.7. The number of halogens is 1. The van der Waals surface area contributed by atoms with Crippen molar-refractivity contribution < 1.29 is 19.1 Å². The van der Waals surface area contributed by atoms with Crippen molar-refractivity contribution in [3.63, 3.8) is 0 Å². The molecule has 27 heavy (non-hydrogen) atoms. The Kier molecular flexibility index (Phi) is 6.35. The molecular formula is C21H22ClNO4. The molecule has 1 saturated heterocycles. The summed E-state index contributed by atoms with van der Waals surface area (Å²) < 4.78 is 11.1. The highest BCUT2D eigenvalue weighted by Gasteiger charge is 2.30. The largest absolute Gasteiger partial charge is 0.490 e. The molecule has 1 atom stereocenters. The number of carbonyl (C=O) groups is 2. The number of likely N-dealkylation sites (tertiary alicyclic amines) is 1. The molecule has 0 aromatic heterocycles. The lowest BCUT2D eigenvalue weighted by Crippen LogP contribution is -2.43. The lowest BCUT2D eigenvalue weighted by atomic mass is 9.97. The molecule has 0 radical (unpaired) electrons. The minimum absolute atomic E-state index is 0.0983. The average Bonchev–Trinajstić information content (AvgIpc) is 2.70. The Hall–Kier alpha value is -2.53. The van der Waals surface area contributed by atoms with Gasteiger partial charge in [0.25, 0.3) is 5.91 Å². The molecule has 0 aliphatic carbocycles. The first-order chi connectivity index (χ1) is 13.1. The Bertz CT molecular complexity index is 806. The van der Waals surface area contributed by atoms with Gasteiger partial charge in [-0.2, -0.15) is 0 Å². The number of amides is 1. The molecule has 1 aliphatic heterocycles. The number of hydrogen-bond acceptors (Lipinski definition) is 4. The van der Waals surface area contributed by atoms with Crippen LogP contribution in [0.1, 0.15) is 30.1 Å². The molecule has 0 N–H and O–H groups in total. The number of rotatable bonds is 5. The number of carbonyl (C=O) groups excluding carboxylic acids is 2. The Labute approximate surface area is 163 Å². The van der Waals surface area contributed by atoms with Crippen LogP contribution in [-0.4, -0.2) is 36.5 Å². The van der Waals surface area contributed by atoms with Crippen LogP contribution in [0.5, 0.6) is 11.5 Å². The Balaban J connectivity index is 1.66. The zero-order chi connectivity index (χ0) is 19.2. The van der Waals surface area contributed by atoms with E-state index in [2.05, 4.69) is 0 Å². The van der Waals surface area contributed by atoms with E-state index >= 15 is 0 Å². The zero-order valence-electron chi connectivity index (χ0n) is 15.2. The van der Waals surface area contributed by atoms with Gasteiger partial charge in [0.15, 0.2) is 11.5 Å². The van der Waals surface area contributed by atoms with Gasteiger partial charge in [0.05, 0.1) is 12.5 Å². The normalized spacial score (nSPS) is 16.7. The second-order valence-corrected chi connectivity index (χ2v) is 6.83. The second-order valence-electron chi connectivity index (χ2n) is 6.40. The molecule has 142 valence electrons. The number of piperidine rings is 1. The molecule has 1 fully saturated rings. The number of ether oxygens (including phenoxy) is 2. The van der Waals surface area contributed by atoms with Gasteiger partial charge in [-0.05, 0) is 56.2 Å². The van der Waals surface area contributed by atoms with Gasteiger partial charge in [-0.1, -0.05) is 23.7 Å². The summed E-state index contributed by atoms with van der Waals surface area (Å²) in [6.45, 7) is 3.33. The summed E-state index contributed by atoms with van der Waals surface area (Å²) >= 11 is 5.88. The van der Waals surface area contributed by atoms with E-state index in [9.17, 15) is 9.59 Å². The van der Waals surface area contributed by atoms with Crippen LogP contribution in [0.3, 0.4) is 0 Å². The summed E-state index contributed by atoms with van der Waals surface area (Å²) in [5.74, 6) is 0.156. The molecule has 1 unspecified atom stereocenters. The van der Waals surface area contributed by atoms with E-state index in [1.54, 1.807) is 47.4 Å². The topological polar surface area (TPSA) is 55.8 Å². The molecule has 1 heterocycles. The van der Waals surface area contributed by atoms with Crippen molar-refractivity contribution in [3.8, 4) is 11.5 Å². The molecule has 2 aromatic carbocycles. The number of nitrogens with zero attached hydrogens (tertiary/aromatic N) is 1. The zero-order valence-corrected chi connectivity index (χ0v) is 15.9. The predicted molar refractivity (Wildman–Crippen MR) is 103 cm³/mol. The fourth-order valence-electron chi connectivity index (χ4n) is 3.13. The van der Waals surface area contributed by atoms with Crippen LogP contribution >= 0.6 is 11.6 Å². The van der Waals surface area contributed by atoms with E-state index in [1.807, 2.05) is 13.0 Å². The summed E-state index contributed by atoms with van der Waals surface area (Å²) in [5, 5.41) is 0.583. The molecular weight excluding hydrogens is 366 g/mol. The van der Waals surface area contributed by atoms with Crippen molar-refractivity contribution in [2.45, 2.75) is 19.8 Å². The Morgan fingerprint density at radius 3 is 2.52 bits per heavy atom. The fourth-order valence-corrected chi connectivity index (χ4v) is 3.26. The third kappa shape index (κ3) is 4.80. The lowest BCUT2D eigenvalue weighted by molar-refractivity contribution is -0.140. The average molecular weight is 388 g/mol. The van der Waals surface area contributed by atoms with Crippen molar-refractivity contribution in [1.29, 1.82) is 0 Å². The van der Waals surface area contributed by atoms with Gasteiger partial charge in [-0.15, -0.1) is 0 Å². The third-order valence-electron chi connectivity index (χ3n) is 4.49. The van der Waals surface area contributed by atoms with Crippen LogP contribution in [-0.2, 0) is 4.79 Å².